The molecule has 5 heteroatoms. The Bertz CT molecular complexity index is 1060. The van der Waals surface area contributed by atoms with Gasteiger partial charge in [0.15, 0.2) is 0 Å². The molecule has 0 fully saturated rings. The number of fused-ring (bicyclic) bond motifs is 2. The number of pyridine rings is 1. The summed E-state index contributed by atoms with van der Waals surface area (Å²) < 4.78 is 1.26. The topological polar surface area (TPSA) is 54.5 Å². The van der Waals surface area contributed by atoms with E-state index in [9.17, 15) is 0 Å². The maximum absolute atomic E-state index is 8.40. The van der Waals surface area contributed by atoms with Crippen molar-refractivity contribution in [2.75, 3.05) is 0 Å². The van der Waals surface area contributed by atoms with E-state index in [1.807, 2.05) is 24.3 Å². The summed E-state index contributed by atoms with van der Waals surface area (Å²) in [7, 11) is 0. The molecule has 4 rings (SSSR count). The van der Waals surface area contributed by atoms with Gasteiger partial charge in [-0.2, -0.15) is 0 Å². The van der Waals surface area contributed by atoms with Gasteiger partial charge in [0.2, 0.25) is 0 Å². The normalized spacial score (nSPS) is 10.8. The van der Waals surface area contributed by atoms with Crippen molar-refractivity contribution in [3.8, 4) is 10.6 Å². The van der Waals surface area contributed by atoms with E-state index in [4.69, 9.17) is 14.9 Å². The minimum absolute atomic E-state index is 0. The largest absolute Gasteiger partial charge is 0.512 e. The van der Waals surface area contributed by atoms with Crippen molar-refractivity contribution in [3.63, 3.8) is 0 Å². The molecule has 0 saturated carbocycles. The van der Waals surface area contributed by atoms with Crippen LogP contribution in [-0.2, 0) is 20.1 Å². The minimum Gasteiger partial charge on any atom is -0.512 e. The molecule has 0 aliphatic heterocycles. The number of hydrogen-bond donors (Lipinski definition) is 1. The molecule has 2 aromatic carbocycles. The summed E-state index contributed by atoms with van der Waals surface area (Å²) >= 11 is 1.74. The number of ketones is 1. The molecule has 3 nitrogen and oxygen atoms in total. The van der Waals surface area contributed by atoms with E-state index in [0.717, 1.165) is 21.5 Å². The molecule has 0 unspecified atom stereocenters. The van der Waals surface area contributed by atoms with Crippen LogP contribution in [0.25, 0.3) is 31.6 Å². The second-order valence-corrected chi connectivity index (χ2v) is 6.92. The predicted molar refractivity (Wildman–Crippen MR) is 110 cm³/mol. The number of nitrogens with zero attached hydrogens (tertiary/aromatic N) is 1. The first kappa shape index (κ1) is 21.0. The first-order valence-corrected chi connectivity index (χ1v) is 9.01. The molecule has 0 amide bonds. The number of carbonyl (C=O) groups excluding carboxylic acids is 1. The molecule has 0 bridgehead atoms. The fraction of sp³-hybridized carbons (Fsp3) is 0.0909. The molecule has 2 heterocycles. The van der Waals surface area contributed by atoms with Gasteiger partial charge < -0.3 is 5.11 Å². The smallest absolute Gasteiger partial charge is 0.316 e. The van der Waals surface area contributed by atoms with Crippen molar-refractivity contribution in [2.24, 2.45) is 0 Å². The van der Waals surface area contributed by atoms with Crippen LogP contribution in [0.3, 0.4) is 0 Å². The molecule has 2 aromatic heterocycles. The van der Waals surface area contributed by atoms with Gasteiger partial charge in [0.1, 0.15) is 0 Å². The molecule has 0 aliphatic rings. The predicted octanol–water partition coefficient (Wildman–Crippen LogP) is 5.93. The van der Waals surface area contributed by atoms with Crippen LogP contribution in [0, 0.1) is 6.07 Å². The molecule has 4 aromatic rings. The van der Waals surface area contributed by atoms with Crippen molar-refractivity contribution in [3.05, 3.63) is 78.6 Å². The molecule has 27 heavy (non-hydrogen) atoms. The molecule has 139 valence electrons. The number of aromatic nitrogens is 1. The monoisotopic (exact) mass is 554 g/mol. The molecule has 0 atom stereocenters. The Balaban J connectivity index is 0.000000285. The van der Waals surface area contributed by atoms with Crippen molar-refractivity contribution in [2.45, 2.75) is 13.8 Å². The fourth-order valence-electron chi connectivity index (χ4n) is 2.53. The zero-order valence-electron chi connectivity index (χ0n) is 14.9. The summed E-state index contributed by atoms with van der Waals surface area (Å²) in [5, 5.41) is 10.7. The Hall–Kier alpha value is -2.33. The molecule has 0 spiro atoms. The quantitative estimate of drug-likeness (QED) is 0.145. The summed E-state index contributed by atoms with van der Waals surface area (Å²) in [6, 6.07) is 24.1. The average molecular weight is 554 g/mol. The van der Waals surface area contributed by atoms with Gasteiger partial charge in [-0.15, -0.1) is 23.6 Å². The van der Waals surface area contributed by atoms with Crippen LogP contribution in [0.2, 0.25) is 0 Å². The third-order valence-corrected chi connectivity index (χ3v) is 4.69. The zero-order chi connectivity index (χ0) is 18.5. The van der Waals surface area contributed by atoms with E-state index in [-0.39, 0.29) is 31.6 Å². The SMILES string of the molecule is CC(=[OH+])/C=C(/C)O.[Ir].[c-]1c(-c2ccc3ccccc3n2)sc2ccccc12. The summed E-state index contributed by atoms with van der Waals surface area (Å²) in [6.07, 6.45) is 1.28. The Morgan fingerprint density at radius 1 is 1.04 bits per heavy atom. The third kappa shape index (κ3) is 5.57. The van der Waals surface area contributed by atoms with Gasteiger partial charge in [-0.05, 0) is 28.0 Å². The zero-order valence-corrected chi connectivity index (χ0v) is 18.1. The Labute approximate surface area is 175 Å². The Kier molecular flexibility index (Phi) is 7.43. The first-order chi connectivity index (χ1) is 12.5. The van der Waals surface area contributed by atoms with E-state index in [1.54, 1.807) is 11.3 Å². The summed E-state index contributed by atoms with van der Waals surface area (Å²) in [4.78, 5) is 14.2. The van der Waals surface area contributed by atoms with Crippen LogP contribution >= 0.6 is 11.3 Å². The Morgan fingerprint density at radius 3 is 2.41 bits per heavy atom. The number of hydrogen-bond acceptors (Lipinski definition) is 3. The van der Waals surface area contributed by atoms with Crippen molar-refractivity contribution >= 4 is 38.1 Å². The van der Waals surface area contributed by atoms with Gasteiger partial charge in [0.25, 0.3) is 0 Å². The van der Waals surface area contributed by atoms with Crippen LogP contribution in [-0.4, -0.2) is 20.7 Å². The summed E-state index contributed by atoms with van der Waals surface area (Å²) in [5.41, 5.74) is 2.03. The number of allylic oxidation sites excluding steroid dienone is 2. The van der Waals surface area contributed by atoms with Crippen molar-refractivity contribution in [1.29, 1.82) is 0 Å². The van der Waals surface area contributed by atoms with E-state index in [0.29, 0.717) is 0 Å². The van der Waals surface area contributed by atoms with E-state index in [2.05, 4.69) is 42.5 Å². The summed E-state index contributed by atoms with van der Waals surface area (Å²) in [5.74, 6) is 0.250. The van der Waals surface area contributed by atoms with Gasteiger partial charge in [-0.25, -0.2) is 11.3 Å². The van der Waals surface area contributed by atoms with Crippen LogP contribution in [0.15, 0.2) is 72.5 Å². The number of aliphatic hydroxyl groups excluding tert-OH is 1. The van der Waals surface area contributed by atoms with Crippen molar-refractivity contribution in [1.82, 2.24) is 4.98 Å². The van der Waals surface area contributed by atoms with E-state index < -0.39 is 0 Å². The standard InChI is InChI=1S/C17H10NS.C5H8O2.Ir/c1-3-7-14-12(5-1)9-10-15(18-14)17-11-13-6-2-4-8-16(13)19-17;1-4(6)3-5(2)7;/h1-10H;3,6H,1-2H3;/q-1;;/p+1/b;4-3-;. The number of benzene rings is 2. The van der Waals surface area contributed by atoms with Crippen LogP contribution < -0.4 is 0 Å². The Morgan fingerprint density at radius 2 is 1.74 bits per heavy atom. The van der Waals surface area contributed by atoms with Gasteiger partial charge in [0, 0.05) is 25.8 Å². The van der Waals surface area contributed by atoms with Crippen molar-refractivity contribution < 1.29 is 30.0 Å². The molecular weight excluding hydrogens is 535 g/mol. The molecule has 1 radical (unpaired) electrons. The third-order valence-electron chi connectivity index (χ3n) is 3.60. The van der Waals surface area contributed by atoms with Gasteiger partial charge in [-0.1, -0.05) is 42.5 Å². The van der Waals surface area contributed by atoms with Gasteiger partial charge in [-0.3, -0.25) is 9.78 Å². The molecular formula is C22H19IrNO2S. The fourth-order valence-corrected chi connectivity index (χ4v) is 3.50. The average Bonchev–Trinajstić information content (AvgIpc) is 3.05. The number of para-hydroxylation sites is 1. The minimum atomic E-state index is 0. The molecule has 0 saturated heterocycles. The maximum atomic E-state index is 8.40. The first-order valence-electron chi connectivity index (χ1n) is 8.20. The van der Waals surface area contributed by atoms with Crippen LogP contribution in [0.1, 0.15) is 13.8 Å². The molecule has 0 aliphatic carbocycles. The number of rotatable bonds is 2. The van der Waals surface area contributed by atoms with Gasteiger partial charge >= 0.3 is 5.78 Å². The second-order valence-electron chi connectivity index (χ2n) is 5.87. The summed E-state index contributed by atoms with van der Waals surface area (Å²) in [6.45, 7) is 3.00. The number of aliphatic hydroxyl groups is 1. The van der Waals surface area contributed by atoms with Crippen LogP contribution in [0.4, 0.5) is 0 Å². The second kappa shape index (κ2) is 9.56. The maximum Gasteiger partial charge on any atom is 0.316 e. The number of thiophene rings is 1. The molecule has 2 N–H and O–H groups in total. The van der Waals surface area contributed by atoms with E-state index in [1.165, 1.54) is 30.0 Å². The van der Waals surface area contributed by atoms with E-state index >= 15 is 0 Å². The van der Waals surface area contributed by atoms with Gasteiger partial charge in [0.05, 0.1) is 24.3 Å². The van der Waals surface area contributed by atoms with Crippen LogP contribution in [0.5, 0.6) is 0 Å².